The van der Waals surface area contributed by atoms with Gasteiger partial charge in [0, 0.05) is 31.7 Å². The van der Waals surface area contributed by atoms with Crippen LogP contribution in [0.3, 0.4) is 0 Å². The molecule has 24 heavy (non-hydrogen) atoms. The molecule has 1 aromatic carbocycles. The van der Waals surface area contributed by atoms with Crippen molar-refractivity contribution in [3.05, 3.63) is 77.8 Å². The predicted octanol–water partition coefficient (Wildman–Crippen LogP) is 4.21. The van der Waals surface area contributed by atoms with E-state index in [-0.39, 0.29) is 18.1 Å². The first kappa shape index (κ1) is 19.3. The van der Waals surface area contributed by atoms with Crippen LogP contribution in [0.2, 0.25) is 0 Å². The van der Waals surface area contributed by atoms with E-state index in [0.29, 0.717) is 22.4 Å². The van der Waals surface area contributed by atoms with E-state index in [0.717, 1.165) is 11.8 Å². The number of carbonyl (C=O) groups excluding carboxylic acids is 2. The van der Waals surface area contributed by atoms with Gasteiger partial charge in [0.05, 0.1) is 0 Å². The predicted molar refractivity (Wildman–Crippen MR) is 95.7 cm³/mol. The molecule has 1 aromatic rings. The smallest absolute Gasteiger partial charge is 0.223 e. The van der Waals surface area contributed by atoms with Gasteiger partial charge in [0.1, 0.15) is 12.1 Å². The summed E-state index contributed by atoms with van der Waals surface area (Å²) in [5.74, 6) is -0.550. The van der Waals surface area contributed by atoms with Crippen LogP contribution in [0.1, 0.15) is 24.5 Å². The first-order valence-corrected chi connectivity index (χ1v) is 7.50. The molecule has 0 saturated carbocycles. The zero-order valence-corrected chi connectivity index (χ0v) is 14.3. The molecule has 0 aliphatic heterocycles. The normalized spacial score (nSPS) is 12.2. The molecule has 0 radical (unpaired) electrons. The third kappa shape index (κ3) is 4.38. The van der Waals surface area contributed by atoms with Gasteiger partial charge in [-0.15, -0.1) is 0 Å². The lowest BCUT2D eigenvalue weighted by molar-refractivity contribution is -0.125. The summed E-state index contributed by atoms with van der Waals surface area (Å²) in [6.07, 6.45) is 5.75. The summed E-state index contributed by atoms with van der Waals surface area (Å²) in [5.41, 5.74) is 3.31. The van der Waals surface area contributed by atoms with Crippen LogP contribution < -0.4 is 0 Å². The van der Waals surface area contributed by atoms with Crippen LogP contribution in [0.4, 0.5) is 4.39 Å². The van der Waals surface area contributed by atoms with Crippen LogP contribution in [-0.2, 0) is 9.59 Å². The average Bonchev–Trinajstić information content (AvgIpc) is 2.53. The number of nitrogens with zero attached hydrogens (tertiary/aromatic N) is 1. The van der Waals surface area contributed by atoms with Crippen LogP contribution in [0.15, 0.2) is 60.9 Å². The maximum atomic E-state index is 13.5. The van der Waals surface area contributed by atoms with Gasteiger partial charge in [-0.05, 0) is 35.8 Å². The third-order valence-corrected chi connectivity index (χ3v) is 3.71. The standard InChI is InChI=1S/C20H22FNO2/c1-6-8-16(7-2)20(18-10-9-17(21)13-14(18)3)19(11-12-23)22(5)15(4)24/h6-10,12-13H,1-2,11H2,3-5H3/b16-8+,20-19+. The SMILES string of the molecule is C=C/C=C(C=C)/C(=C(/CC=O)N(C)C(C)=O)c1ccc(F)cc1C. The van der Waals surface area contributed by atoms with Crippen molar-refractivity contribution >= 4 is 17.8 Å². The van der Waals surface area contributed by atoms with Crippen LogP contribution in [0.25, 0.3) is 5.57 Å². The van der Waals surface area contributed by atoms with E-state index in [1.54, 1.807) is 38.3 Å². The number of benzene rings is 1. The molecule has 0 aromatic heterocycles. The van der Waals surface area contributed by atoms with Gasteiger partial charge in [-0.1, -0.05) is 37.5 Å². The van der Waals surface area contributed by atoms with E-state index in [1.807, 2.05) is 0 Å². The Morgan fingerprint density at radius 1 is 1.33 bits per heavy atom. The van der Waals surface area contributed by atoms with Gasteiger partial charge in [0.2, 0.25) is 5.91 Å². The Morgan fingerprint density at radius 3 is 2.46 bits per heavy atom. The van der Waals surface area contributed by atoms with Gasteiger partial charge in [-0.3, -0.25) is 4.79 Å². The lowest BCUT2D eigenvalue weighted by Gasteiger charge is -2.24. The number of carbonyl (C=O) groups is 2. The first-order chi connectivity index (χ1) is 11.4. The lowest BCUT2D eigenvalue weighted by atomic mass is 9.90. The molecule has 0 fully saturated rings. The summed E-state index contributed by atoms with van der Waals surface area (Å²) in [6.45, 7) is 10.7. The highest BCUT2D eigenvalue weighted by Crippen LogP contribution is 2.32. The van der Waals surface area contributed by atoms with Gasteiger partial charge >= 0.3 is 0 Å². The summed E-state index contributed by atoms with van der Waals surface area (Å²) in [6, 6.07) is 4.40. The largest absolute Gasteiger partial charge is 0.318 e. The number of amides is 1. The topological polar surface area (TPSA) is 37.4 Å². The van der Waals surface area contributed by atoms with Crippen LogP contribution in [-0.4, -0.2) is 24.1 Å². The minimum absolute atomic E-state index is 0.0462. The molecule has 0 atom stereocenters. The van der Waals surface area contributed by atoms with Crippen LogP contribution >= 0.6 is 0 Å². The zero-order valence-electron chi connectivity index (χ0n) is 14.3. The summed E-state index contributed by atoms with van der Waals surface area (Å²) < 4.78 is 13.5. The number of rotatable bonds is 7. The molecule has 0 aliphatic rings. The van der Waals surface area contributed by atoms with Gasteiger partial charge in [-0.2, -0.15) is 0 Å². The Balaban J connectivity index is 3.86. The number of aryl methyl sites for hydroxylation is 1. The Hall–Kier alpha value is -2.75. The molecular formula is C20H22FNO2. The molecule has 0 spiro atoms. The molecule has 1 amide bonds. The van der Waals surface area contributed by atoms with Crippen LogP contribution in [0.5, 0.6) is 0 Å². The van der Waals surface area contributed by atoms with Gasteiger partial charge < -0.3 is 9.69 Å². The summed E-state index contributed by atoms with van der Waals surface area (Å²) in [4.78, 5) is 24.5. The third-order valence-electron chi connectivity index (χ3n) is 3.71. The van der Waals surface area contributed by atoms with Crippen molar-refractivity contribution in [3.8, 4) is 0 Å². The van der Waals surface area contributed by atoms with Crippen molar-refractivity contribution in [2.45, 2.75) is 20.3 Å². The molecule has 0 aliphatic carbocycles. The lowest BCUT2D eigenvalue weighted by Crippen LogP contribution is -2.25. The van der Waals surface area contributed by atoms with Crippen molar-refractivity contribution < 1.29 is 14.0 Å². The van der Waals surface area contributed by atoms with E-state index in [1.165, 1.54) is 24.0 Å². The molecule has 126 valence electrons. The highest BCUT2D eigenvalue weighted by atomic mass is 19.1. The van der Waals surface area contributed by atoms with Crippen molar-refractivity contribution in [2.75, 3.05) is 7.05 Å². The van der Waals surface area contributed by atoms with Crippen molar-refractivity contribution in [3.63, 3.8) is 0 Å². The fourth-order valence-corrected chi connectivity index (χ4v) is 2.44. The molecule has 1 rings (SSSR count). The highest BCUT2D eigenvalue weighted by Gasteiger charge is 2.19. The molecule has 0 bridgehead atoms. The molecule has 4 heteroatoms. The summed E-state index contributed by atoms with van der Waals surface area (Å²) in [7, 11) is 1.61. The fraction of sp³-hybridized carbons (Fsp3) is 0.200. The number of hydrogen-bond acceptors (Lipinski definition) is 2. The van der Waals surface area contributed by atoms with Crippen molar-refractivity contribution in [1.82, 2.24) is 4.90 Å². The van der Waals surface area contributed by atoms with E-state index in [4.69, 9.17) is 0 Å². The molecule has 0 N–H and O–H groups in total. The maximum Gasteiger partial charge on any atom is 0.223 e. The quantitative estimate of drug-likeness (QED) is 0.556. The Bertz CT molecular complexity index is 729. The second-order valence-corrected chi connectivity index (χ2v) is 5.29. The minimum Gasteiger partial charge on any atom is -0.318 e. The number of aldehydes is 1. The van der Waals surface area contributed by atoms with E-state index >= 15 is 0 Å². The second kappa shape index (κ2) is 8.77. The van der Waals surface area contributed by atoms with Crippen molar-refractivity contribution in [1.29, 1.82) is 0 Å². The monoisotopic (exact) mass is 327 g/mol. The average molecular weight is 327 g/mol. The maximum absolute atomic E-state index is 13.5. The Morgan fingerprint density at radius 2 is 2.00 bits per heavy atom. The summed E-state index contributed by atoms with van der Waals surface area (Å²) in [5, 5.41) is 0. The fourth-order valence-electron chi connectivity index (χ4n) is 2.44. The molecular weight excluding hydrogens is 305 g/mol. The highest BCUT2D eigenvalue weighted by molar-refractivity contribution is 5.89. The molecule has 3 nitrogen and oxygen atoms in total. The van der Waals surface area contributed by atoms with Gasteiger partial charge in [-0.25, -0.2) is 4.39 Å². The first-order valence-electron chi connectivity index (χ1n) is 7.50. The van der Waals surface area contributed by atoms with E-state index in [9.17, 15) is 14.0 Å². The molecule has 0 heterocycles. The molecule has 0 unspecified atom stereocenters. The van der Waals surface area contributed by atoms with Crippen molar-refractivity contribution in [2.24, 2.45) is 0 Å². The number of allylic oxidation sites excluding steroid dienone is 6. The Labute approximate surface area is 142 Å². The second-order valence-electron chi connectivity index (χ2n) is 5.29. The van der Waals surface area contributed by atoms with Crippen LogP contribution in [0, 0.1) is 12.7 Å². The Kier molecular flexibility index (Phi) is 7.05. The summed E-state index contributed by atoms with van der Waals surface area (Å²) >= 11 is 0. The number of halogens is 1. The minimum atomic E-state index is -0.347. The zero-order chi connectivity index (χ0) is 18.3. The van der Waals surface area contributed by atoms with Gasteiger partial charge in [0.15, 0.2) is 0 Å². The molecule has 0 saturated heterocycles. The van der Waals surface area contributed by atoms with Gasteiger partial charge in [0.25, 0.3) is 0 Å². The number of hydrogen-bond donors (Lipinski definition) is 0. The van der Waals surface area contributed by atoms with E-state index in [2.05, 4.69) is 13.2 Å². The van der Waals surface area contributed by atoms with E-state index < -0.39 is 0 Å².